The second-order valence-electron chi connectivity index (χ2n) is 5.15. The molecule has 0 bridgehead atoms. The van der Waals surface area contributed by atoms with Crippen LogP contribution in [-0.2, 0) is 4.79 Å². The van der Waals surface area contributed by atoms with Crippen LogP contribution in [0.25, 0.3) is 0 Å². The van der Waals surface area contributed by atoms with Gasteiger partial charge in [-0.2, -0.15) is 0 Å². The number of nitrogens with two attached hydrogens (primary N) is 1. The van der Waals surface area contributed by atoms with Crippen molar-refractivity contribution in [3.8, 4) is 0 Å². The van der Waals surface area contributed by atoms with Gasteiger partial charge in [0, 0.05) is 11.5 Å². The van der Waals surface area contributed by atoms with Gasteiger partial charge in [-0.05, 0) is 25.3 Å². The van der Waals surface area contributed by atoms with Gasteiger partial charge in [0.05, 0.1) is 11.4 Å². The third-order valence-corrected chi connectivity index (χ3v) is 4.05. The highest BCUT2D eigenvalue weighted by atomic mass is 19.1. The molecule has 0 radical (unpaired) electrons. The van der Waals surface area contributed by atoms with Crippen molar-refractivity contribution in [2.45, 2.75) is 39.0 Å². The van der Waals surface area contributed by atoms with Crippen molar-refractivity contribution >= 4 is 17.3 Å². The molecule has 0 saturated heterocycles. The van der Waals surface area contributed by atoms with Crippen LogP contribution in [-0.4, -0.2) is 5.91 Å². The predicted molar refractivity (Wildman–Crippen MR) is 70.6 cm³/mol. The molecule has 0 atom stereocenters. The number of nitrogen functional groups attached to an aromatic ring is 1. The minimum Gasteiger partial charge on any atom is -0.396 e. The molecule has 1 saturated carbocycles. The van der Waals surface area contributed by atoms with Crippen LogP contribution in [0.4, 0.5) is 20.2 Å². The van der Waals surface area contributed by atoms with Crippen LogP contribution in [0.5, 0.6) is 0 Å². The predicted octanol–water partition coefficient (Wildman–Crippen LogP) is 3.46. The van der Waals surface area contributed by atoms with Crippen molar-refractivity contribution in [3.05, 3.63) is 23.8 Å². The maximum absolute atomic E-state index is 13.6. The first-order chi connectivity index (χ1) is 8.98. The first-order valence-electron chi connectivity index (χ1n) is 6.54. The van der Waals surface area contributed by atoms with Crippen LogP contribution in [0.2, 0.25) is 0 Å². The molecule has 0 unspecified atom stereocenters. The van der Waals surface area contributed by atoms with Gasteiger partial charge in [0.1, 0.15) is 11.6 Å². The summed E-state index contributed by atoms with van der Waals surface area (Å²) in [5.41, 5.74) is 4.75. The summed E-state index contributed by atoms with van der Waals surface area (Å²) in [6.45, 7) is 1.96. The highest BCUT2D eigenvalue weighted by molar-refractivity contribution is 5.96. The Balaban J connectivity index is 2.21. The fourth-order valence-corrected chi connectivity index (χ4v) is 2.71. The first-order valence-corrected chi connectivity index (χ1v) is 6.54. The van der Waals surface area contributed by atoms with E-state index in [0.717, 1.165) is 38.2 Å². The molecule has 1 aliphatic rings. The van der Waals surface area contributed by atoms with Gasteiger partial charge < -0.3 is 11.1 Å². The molecule has 0 aliphatic heterocycles. The van der Waals surface area contributed by atoms with Crippen molar-refractivity contribution in [3.63, 3.8) is 0 Å². The maximum atomic E-state index is 13.6. The molecule has 104 valence electrons. The zero-order valence-electron chi connectivity index (χ0n) is 10.9. The summed E-state index contributed by atoms with van der Waals surface area (Å²) in [6, 6.07) is 1.82. The highest BCUT2D eigenvalue weighted by Gasteiger charge is 2.39. The number of carbonyl (C=O) groups is 1. The molecule has 0 aromatic heterocycles. The van der Waals surface area contributed by atoms with E-state index in [1.54, 1.807) is 0 Å². The first kappa shape index (κ1) is 13.8. The van der Waals surface area contributed by atoms with E-state index in [-0.39, 0.29) is 17.3 Å². The lowest BCUT2D eigenvalue weighted by Gasteiger charge is -2.26. The molecule has 3 nitrogen and oxygen atoms in total. The fraction of sp³-hybridized carbons (Fsp3) is 0.500. The largest absolute Gasteiger partial charge is 0.396 e. The number of amides is 1. The second-order valence-corrected chi connectivity index (χ2v) is 5.15. The van der Waals surface area contributed by atoms with Crippen LogP contribution in [0.3, 0.4) is 0 Å². The molecule has 3 N–H and O–H groups in total. The zero-order chi connectivity index (χ0) is 14.0. The molecule has 1 fully saturated rings. The van der Waals surface area contributed by atoms with Gasteiger partial charge >= 0.3 is 0 Å². The van der Waals surface area contributed by atoms with Gasteiger partial charge in [-0.25, -0.2) is 8.78 Å². The summed E-state index contributed by atoms with van der Waals surface area (Å²) in [6.07, 6.45) is 4.36. The average Bonchev–Trinajstić information content (AvgIpc) is 2.86. The summed E-state index contributed by atoms with van der Waals surface area (Å²) in [4.78, 5) is 12.3. The number of benzene rings is 1. The van der Waals surface area contributed by atoms with E-state index in [4.69, 9.17) is 5.73 Å². The Hall–Kier alpha value is -1.65. The smallest absolute Gasteiger partial charge is 0.230 e. The Bertz CT molecular complexity index is 496. The van der Waals surface area contributed by atoms with Crippen molar-refractivity contribution in [1.29, 1.82) is 0 Å². The number of rotatable bonds is 3. The van der Waals surface area contributed by atoms with E-state index in [0.29, 0.717) is 6.07 Å². The van der Waals surface area contributed by atoms with Crippen LogP contribution >= 0.6 is 0 Å². The van der Waals surface area contributed by atoms with E-state index in [9.17, 15) is 13.6 Å². The third-order valence-electron chi connectivity index (χ3n) is 4.05. The number of hydrogen-bond donors (Lipinski definition) is 2. The number of carbonyl (C=O) groups excluding carboxylic acids is 1. The van der Waals surface area contributed by atoms with Gasteiger partial charge in [-0.3, -0.25) is 4.79 Å². The Kier molecular flexibility index (Phi) is 3.73. The van der Waals surface area contributed by atoms with E-state index in [1.165, 1.54) is 0 Å². The molecule has 2 rings (SSSR count). The second kappa shape index (κ2) is 5.15. The van der Waals surface area contributed by atoms with Crippen molar-refractivity contribution < 1.29 is 13.6 Å². The molecular weight excluding hydrogens is 250 g/mol. The van der Waals surface area contributed by atoms with E-state index in [1.807, 2.05) is 6.92 Å². The normalized spacial score (nSPS) is 17.4. The van der Waals surface area contributed by atoms with Gasteiger partial charge in [0.2, 0.25) is 5.91 Å². The Morgan fingerprint density at radius 1 is 1.32 bits per heavy atom. The topological polar surface area (TPSA) is 55.1 Å². The fourth-order valence-electron chi connectivity index (χ4n) is 2.71. The van der Waals surface area contributed by atoms with E-state index >= 15 is 0 Å². The molecular formula is C14H18F2N2O. The molecule has 0 heterocycles. The standard InChI is InChI=1S/C14H18F2N2O/c1-2-14(5-3-4-6-14)13(19)18-12-8-11(17)9(15)7-10(12)16/h7-8H,2-6,17H2,1H3,(H,18,19). The number of hydrogen-bond acceptors (Lipinski definition) is 2. The lowest BCUT2D eigenvalue weighted by molar-refractivity contribution is -0.125. The van der Waals surface area contributed by atoms with Crippen molar-refractivity contribution in [2.24, 2.45) is 5.41 Å². The Morgan fingerprint density at radius 2 is 1.95 bits per heavy atom. The van der Waals surface area contributed by atoms with Crippen LogP contribution in [0.15, 0.2) is 12.1 Å². The highest BCUT2D eigenvalue weighted by Crippen LogP contribution is 2.42. The third kappa shape index (κ3) is 2.55. The summed E-state index contributed by atoms with van der Waals surface area (Å²) >= 11 is 0. The molecule has 1 aromatic rings. The number of halogens is 2. The number of anilines is 2. The van der Waals surface area contributed by atoms with Gasteiger partial charge in [-0.15, -0.1) is 0 Å². The molecule has 1 aromatic carbocycles. The Labute approximate surface area is 111 Å². The summed E-state index contributed by atoms with van der Waals surface area (Å²) in [5, 5.41) is 2.55. The van der Waals surface area contributed by atoms with Gasteiger partial charge in [-0.1, -0.05) is 19.8 Å². The van der Waals surface area contributed by atoms with Crippen LogP contribution < -0.4 is 11.1 Å². The van der Waals surface area contributed by atoms with E-state index < -0.39 is 17.0 Å². The molecule has 5 heteroatoms. The van der Waals surface area contributed by atoms with Crippen LogP contribution in [0.1, 0.15) is 39.0 Å². The minimum absolute atomic E-state index is 0.0522. The maximum Gasteiger partial charge on any atom is 0.230 e. The van der Waals surface area contributed by atoms with Crippen molar-refractivity contribution in [1.82, 2.24) is 0 Å². The monoisotopic (exact) mass is 268 g/mol. The molecule has 1 amide bonds. The quantitative estimate of drug-likeness (QED) is 0.825. The minimum atomic E-state index is -0.818. The summed E-state index contributed by atoms with van der Waals surface area (Å²) < 4.78 is 26.7. The average molecular weight is 268 g/mol. The lowest BCUT2D eigenvalue weighted by Crippen LogP contribution is -2.33. The van der Waals surface area contributed by atoms with Gasteiger partial charge in [0.15, 0.2) is 0 Å². The Morgan fingerprint density at radius 3 is 2.53 bits per heavy atom. The lowest BCUT2D eigenvalue weighted by atomic mass is 9.82. The zero-order valence-corrected chi connectivity index (χ0v) is 10.9. The summed E-state index contributed by atoms with van der Waals surface area (Å²) in [5.74, 6) is -1.82. The summed E-state index contributed by atoms with van der Waals surface area (Å²) in [7, 11) is 0. The molecule has 1 aliphatic carbocycles. The number of nitrogens with one attached hydrogen (secondary N) is 1. The van der Waals surface area contributed by atoms with E-state index in [2.05, 4.69) is 5.32 Å². The molecule has 19 heavy (non-hydrogen) atoms. The van der Waals surface area contributed by atoms with Crippen molar-refractivity contribution in [2.75, 3.05) is 11.1 Å². The van der Waals surface area contributed by atoms with Crippen LogP contribution in [0, 0.1) is 17.0 Å². The van der Waals surface area contributed by atoms with Gasteiger partial charge in [0.25, 0.3) is 0 Å². The molecule has 0 spiro atoms. The SMILES string of the molecule is CCC1(C(=O)Nc2cc(N)c(F)cc2F)CCCC1.